The standard InChI is InChI=1S/C19H17N5O3/c25-19(17-11-26-15-3-1-2-4-16(15)27-17)20-13-7-5-12(6-8-13)18-21-22-23-24(18)14-9-10-14/h1-8,14,17H,9-11H2,(H,20,25)/t17-/m1/s1. The fourth-order valence-corrected chi connectivity index (χ4v) is 3.02. The van der Waals surface area contributed by atoms with Crippen LogP contribution in [0.4, 0.5) is 5.69 Å². The van der Waals surface area contributed by atoms with Crippen LogP contribution in [0, 0.1) is 0 Å². The minimum absolute atomic E-state index is 0.178. The Kier molecular flexibility index (Phi) is 3.74. The monoisotopic (exact) mass is 363 g/mol. The number of nitrogens with one attached hydrogen (secondary N) is 1. The van der Waals surface area contributed by atoms with Gasteiger partial charge in [0.25, 0.3) is 5.91 Å². The molecule has 1 fully saturated rings. The third kappa shape index (κ3) is 3.10. The van der Waals surface area contributed by atoms with Crippen LogP contribution in [0.2, 0.25) is 0 Å². The maximum atomic E-state index is 12.5. The minimum atomic E-state index is -0.693. The zero-order chi connectivity index (χ0) is 18.2. The highest BCUT2D eigenvalue weighted by Crippen LogP contribution is 2.36. The third-order valence-corrected chi connectivity index (χ3v) is 4.60. The van der Waals surface area contributed by atoms with Crippen molar-refractivity contribution in [1.82, 2.24) is 20.2 Å². The first kappa shape index (κ1) is 15.8. The number of benzene rings is 2. The number of amides is 1. The van der Waals surface area contributed by atoms with Crippen molar-refractivity contribution in [1.29, 1.82) is 0 Å². The van der Waals surface area contributed by atoms with Crippen LogP contribution in [0.3, 0.4) is 0 Å². The van der Waals surface area contributed by atoms with Crippen molar-refractivity contribution in [2.45, 2.75) is 25.0 Å². The Bertz CT molecular complexity index is 981. The van der Waals surface area contributed by atoms with Crippen LogP contribution in [0.25, 0.3) is 11.4 Å². The van der Waals surface area contributed by atoms with Crippen molar-refractivity contribution in [3.63, 3.8) is 0 Å². The smallest absolute Gasteiger partial charge is 0.269 e. The normalized spacial score (nSPS) is 18.1. The summed E-state index contributed by atoms with van der Waals surface area (Å²) < 4.78 is 13.2. The van der Waals surface area contributed by atoms with Gasteiger partial charge in [0.15, 0.2) is 17.3 Å². The molecule has 0 unspecified atom stereocenters. The molecule has 2 aromatic carbocycles. The molecular weight excluding hydrogens is 346 g/mol. The SMILES string of the molecule is O=C(Nc1ccc(-c2nnnn2C2CC2)cc1)[C@H]1COc2ccccc2O1. The van der Waals surface area contributed by atoms with Gasteiger partial charge < -0.3 is 14.8 Å². The number of fused-ring (bicyclic) bond motifs is 1. The van der Waals surface area contributed by atoms with Crippen LogP contribution in [0.5, 0.6) is 11.5 Å². The van der Waals surface area contributed by atoms with Crippen LogP contribution in [0.1, 0.15) is 18.9 Å². The summed E-state index contributed by atoms with van der Waals surface area (Å²) in [7, 11) is 0. The molecule has 2 heterocycles. The average Bonchev–Trinajstić information content (AvgIpc) is 3.44. The first-order chi connectivity index (χ1) is 13.3. The third-order valence-electron chi connectivity index (χ3n) is 4.60. The average molecular weight is 363 g/mol. The lowest BCUT2D eigenvalue weighted by Gasteiger charge is -2.25. The number of hydrogen-bond acceptors (Lipinski definition) is 6. The van der Waals surface area contributed by atoms with Crippen LogP contribution < -0.4 is 14.8 Å². The van der Waals surface area contributed by atoms with Crippen molar-refractivity contribution in [3.8, 4) is 22.9 Å². The molecule has 1 aliphatic heterocycles. The molecule has 3 aromatic rings. The summed E-state index contributed by atoms with van der Waals surface area (Å²) in [5, 5.41) is 14.8. The molecule has 1 amide bonds. The molecule has 136 valence electrons. The van der Waals surface area contributed by atoms with Crippen molar-refractivity contribution in [2.24, 2.45) is 0 Å². The van der Waals surface area contributed by atoms with E-state index in [1.807, 2.05) is 47.1 Å². The molecule has 0 radical (unpaired) electrons. The maximum absolute atomic E-state index is 12.5. The summed E-state index contributed by atoms with van der Waals surface area (Å²) in [6, 6.07) is 15.2. The number of anilines is 1. The van der Waals surface area contributed by atoms with Gasteiger partial charge in [-0.2, -0.15) is 0 Å². The number of rotatable bonds is 4. The molecule has 1 aliphatic carbocycles. The second-order valence-corrected chi connectivity index (χ2v) is 6.61. The molecule has 8 nitrogen and oxygen atoms in total. The summed E-state index contributed by atoms with van der Waals surface area (Å²) in [6.45, 7) is 0.178. The van der Waals surface area contributed by atoms with Crippen molar-refractivity contribution >= 4 is 11.6 Å². The molecule has 1 saturated carbocycles. The van der Waals surface area contributed by atoms with Gasteiger partial charge in [0.2, 0.25) is 6.10 Å². The Hall–Kier alpha value is -3.42. The van der Waals surface area contributed by atoms with E-state index in [0.717, 1.165) is 24.2 Å². The Morgan fingerprint density at radius 3 is 2.63 bits per heavy atom. The number of ether oxygens (including phenoxy) is 2. The Morgan fingerprint density at radius 2 is 1.85 bits per heavy atom. The number of nitrogens with zero attached hydrogens (tertiary/aromatic N) is 4. The molecule has 0 bridgehead atoms. The van der Waals surface area contributed by atoms with E-state index in [1.165, 1.54) is 0 Å². The lowest BCUT2D eigenvalue weighted by atomic mass is 10.2. The number of hydrogen-bond donors (Lipinski definition) is 1. The first-order valence-corrected chi connectivity index (χ1v) is 8.85. The van der Waals surface area contributed by atoms with Gasteiger partial charge in [-0.25, -0.2) is 4.68 Å². The van der Waals surface area contributed by atoms with Crippen LogP contribution in [0.15, 0.2) is 48.5 Å². The van der Waals surface area contributed by atoms with Gasteiger partial charge in [-0.05, 0) is 59.7 Å². The number of aromatic nitrogens is 4. The lowest BCUT2D eigenvalue weighted by Crippen LogP contribution is -2.40. The van der Waals surface area contributed by atoms with Gasteiger partial charge in [-0.1, -0.05) is 12.1 Å². The van der Waals surface area contributed by atoms with Crippen molar-refractivity contribution < 1.29 is 14.3 Å². The van der Waals surface area contributed by atoms with E-state index in [2.05, 4.69) is 20.8 Å². The highest BCUT2D eigenvalue weighted by molar-refractivity contribution is 5.94. The quantitative estimate of drug-likeness (QED) is 0.766. The number of para-hydroxylation sites is 2. The van der Waals surface area contributed by atoms with Gasteiger partial charge in [-0.3, -0.25) is 4.79 Å². The predicted molar refractivity (Wildman–Crippen MR) is 96.5 cm³/mol. The van der Waals surface area contributed by atoms with E-state index in [9.17, 15) is 4.79 Å². The second-order valence-electron chi connectivity index (χ2n) is 6.61. The highest BCUT2D eigenvalue weighted by atomic mass is 16.6. The highest BCUT2D eigenvalue weighted by Gasteiger charge is 2.29. The molecule has 1 atom stereocenters. The fourth-order valence-electron chi connectivity index (χ4n) is 3.02. The summed E-state index contributed by atoms with van der Waals surface area (Å²) in [5.74, 6) is 1.72. The molecule has 2 aliphatic rings. The minimum Gasteiger partial charge on any atom is -0.485 e. The largest absolute Gasteiger partial charge is 0.485 e. The van der Waals surface area contributed by atoms with Crippen LogP contribution in [-0.4, -0.2) is 38.8 Å². The molecule has 8 heteroatoms. The van der Waals surface area contributed by atoms with E-state index >= 15 is 0 Å². The van der Waals surface area contributed by atoms with Crippen molar-refractivity contribution in [3.05, 3.63) is 48.5 Å². The Balaban J connectivity index is 1.27. The van der Waals surface area contributed by atoms with Gasteiger partial charge in [0.1, 0.15) is 6.61 Å². The van der Waals surface area contributed by atoms with Gasteiger partial charge in [0, 0.05) is 11.3 Å². The molecular formula is C19H17N5O3. The molecule has 1 N–H and O–H groups in total. The summed E-state index contributed by atoms with van der Waals surface area (Å²) in [5.41, 5.74) is 1.59. The Morgan fingerprint density at radius 1 is 1.07 bits per heavy atom. The van der Waals surface area contributed by atoms with Gasteiger partial charge in [0.05, 0.1) is 6.04 Å². The topological polar surface area (TPSA) is 91.2 Å². The predicted octanol–water partition coefficient (Wildman–Crippen LogP) is 2.45. The van der Waals surface area contributed by atoms with Crippen LogP contribution in [-0.2, 0) is 4.79 Å². The summed E-state index contributed by atoms with van der Waals surface area (Å²) in [4.78, 5) is 12.5. The molecule has 5 rings (SSSR count). The van der Waals surface area contributed by atoms with Crippen molar-refractivity contribution in [2.75, 3.05) is 11.9 Å². The van der Waals surface area contributed by atoms with E-state index in [0.29, 0.717) is 23.2 Å². The van der Waals surface area contributed by atoms with E-state index in [-0.39, 0.29) is 12.5 Å². The molecule has 27 heavy (non-hydrogen) atoms. The lowest BCUT2D eigenvalue weighted by molar-refractivity contribution is -0.125. The van der Waals surface area contributed by atoms with Gasteiger partial charge in [-0.15, -0.1) is 5.10 Å². The first-order valence-electron chi connectivity index (χ1n) is 8.85. The second kappa shape index (κ2) is 6.39. The zero-order valence-corrected chi connectivity index (χ0v) is 14.4. The van der Waals surface area contributed by atoms with Gasteiger partial charge >= 0.3 is 0 Å². The fraction of sp³-hybridized carbons (Fsp3) is 0.263. The molecule has 0 spiro atoms. The number of tetrazole rings is 1. The van der Waals surface area contributed by atoms with Crippen LogP contribution >= 0.6 is 0 Å². The summed E-state index contributed by atoms with van der Waals surface area (Å²) >= 11 is 0. The summed E-state index contributed by atoms with van der Waals surface area (Å²) in [6.07, 6.45) is 1.53. The Labute approximate surface area is 155 Å². The zero-order valence-electron chi connectivity index (χ0n) is 14.4. The number of carbonyl (C=O) groups is 1. The molecule has 0 saturated heterocycles. The van der Waals surface area contributed by atoms with E-state index in [1.54, 1.807) is 6.07 Å². The maximum Gasteiger partial charge on any atom is 0.269 e. The van der Waals surface area contributed by atoms with E-state index < -0.39 is 6.10 Å². The molecule has 1 aromatic heterocycles. The van der Waals surface area contributed by atoms with E-state index in [4.69, 9.17) is 9.47 Å². The number of carbonyl (C=O) groups excluding carboxylic acids is 1.